The molecule has 2 atom stereocenters. The molecule has 0 saturated heterocycles. The smallest absolute Gasteiger partial charge is 0.545 e. The first-order valence-corrected chi connectivity index (χ1v) is 6.55. The summed E-state index contributed by atoms with van der Waals surface area (Å²) in [6, 6.07) is 3.10. The molecule has 23 heavy (non-hydrogen) atoms. The largest absolute Gasteiger partial charge is 2.00 e. The van der Waals surface area contributed by atoms with Gasteiger partial charge in [0, 0.05) is 17.6 Å². The topological polar surface area (TPSA) is 170 Å². The summed E-state index contributed by atoms with van der Waals surface area (Å²) < 4.78 is 0. The van der Waals surface area contributed by atoms with Gasteiger partial charge in [0.15, 0.2) is 0 Å². The molecule has 0 radical (unpaired) electrons. The fourth-order valence-corrected chi connectivity index (χ4v) is 2.04. The number of rotatable bonds is 3. The minimum atomic E-state index is -1.75. The van der Waals surface area contributed by atoms with Crippen LogP contribution in [-0.4, -0.2) is 35.1 Å². The first kappa shape index (κ1) is 21.2. The predicted octanol–water partition coefficient (Wildman–Crippen LogP) is -2.07. The molecule has 1 aliphatic carbocycles. The van der Waals surface area contributed by atoms with Gasteiger partial charge in [-0.15, -0.1) is 0 Å². The van der Waals surface area contributed by atoms with E-state index in [0.29, 0.717) is 18.2 Å². The second kappa shape index (κ2) is 9.39. The van der Waals surface area contributed by atoms with Gasteiger partial charge in [-0.2, -0.15) is 0 Å². The van der Waals surface area contributed by atoms with Gasteiger partial charge in [-0.25, -0.2) is 4.79 Å². The molecule has 0 aromatic heterocycles. The third-order valence-electron chi connectivity index (χ3n) is 3.33. The molecular weight excluding hydrogens is 487 g/mol. The second-order valence-corrected chi connectivity index (χ2v) is 4.90. The summed E-state index contributed by atoms with van der Waals surface area (Å²) in [6.45, 7) is 0. The third-order valence-corrected chi connectivity index (χ3v) is 3.33. The van der Waals surface area contributed by atoms with Crippen LogP contribution >= 0.6 is 0 Å². The van der Waals surface area contributed by atoms with Gasteiger partial charge < -0.3 is 36.4 Å². The number of carboxylic acids is 3. The molecule has 1 aromatic carbocycles. The Morgan fingerprint density at radius 2 is 1.52 bits per heavy atom. The zero-order chi connectivity index (χ0) is 16.9. The van der Waals surface area contributed by atoms with Gasteiger partial charge in [0.2, 0.25) is 0 Å². The van der Waals surface area contributed by atoms with Crippen molar-refractivity contribution in [3.8, 4) is 0 Å². The molecule has 0 amide bonds. The van der Waals surface area contributed by atoms with Crippen molar-refractivity contribution in [2.75, 3.05) is 0 Å². The van der Waals surface area contributed by atoms with Crippen LogP contribution in [0.2, 0.25) is 0 Å². The quantitative estimate of drug-likeness (QED) is 0.423. The summed E-state index contributed by atoms with van der Waals surface area (Å²) in [5.41, 5.74) is 9.47. The summed E-state index contributed by atoms with van der Waals surface area (Å²) >= 11 is 0. The normalized spacial score (nSPS) is 19.0. The molecule has 1 aliphatic rings. The average molecular weight is 503 g/mol. The van der Waals surface area contributed by atoms with E-state index in [1.54, 1.807) is 0 Å². The Balaban J connectivity index is 0.000000509. The minimum Gasteiger partial charge on any atom is -0.545 e. The predicted molar refractivity (Wildman–Crippen MR) is 71.9 cm³/mol. The van der Waals surface area contributed by atoms with Crippen LogP contribution in [0.3, 0.4) is 0 Å². The number of carbonyl (C=O) groups is 3. The van der Waals surface area contributed by atoms with Crippen LogP contribution in [0.4, 0.5) is 0 Å². The van der Waals surface area contributed by atoms with E-state index in [1.165, 1.54) is 6.42 Å². The van der Waals surface area contributed by atoms with Crippen molar-refractivity contribution in [3.63, 3.8) is 0 Å². The van der Waals surface area contributed by atoms with Gasteiger partial charge in [0.25, 0.3) is 0 Å². The molecule has 8 nitrogen and oxygen atoms in total. The Hall–Kier alpha value is -1.76. The number of carbonyl (C=O) groups excluding carboxylic acids is 2. The maximum Gasteiger partial charge on any atom is 2.00 e. The number of nitrogens with two attached hydrogens (primary N) is 2. The monoisotopic (exact) mass is 503 g/mol. The summed E-state index contributed by atoms with van der Waals surface area (Å²) in [7, 11) is 0. The molecular formula is C14H16N2O6Pt. The molecule has 2 rings (SSSR count). The standard InChI is InChI=1S/C9H6O6.C5H12N2.Pt/c10-7(11)4-1-2-5(8(12)13)6(3-4)9(14)15;6-4-2-1-3-5(4)7;/h1-3H,(H,10,11)(H,12,13)(H,14,15);4-5H,1-3,6-7H2;/q;;+2/p-2. The molecule has 0 heterocycles. The van der Waals surface area contributed by atoms with Crippen LogP contribution in [-0.2, 0) is 21.1 Å². The van der Waals surface area contributed by atoms with E-state index < -0.39 is 34.6 Å². The van der Waals surface area contributed by atoms with Crippen LogP contribution in [0.15, 0.2) is 18.2 Å². The molecule has 5 N–H and O–H groups in total. The van der Waals surface area contributed by atoms with Gasteiger partial charge in [-0.3, -0.25) is 0 Å². The van der Waals surface area contributed by atoms with Crippen molar-refractivity contribution in [3.05, 3.63) is 34.9 Å². The third kappa shape index (κ3) is 6.09. The van der Waals surface area contributed by atoms with E-state index in [0.717, 1.165) is 25.0 Å². The molecule has 1 saturated carbocycles. The Bertz CT molecular complexity index is 585. The summed E-state index contributed by atoms with van der Waals surface area (Å²) in [5.74, 6) is -4.82. The number of benzene rings is 1. The van der Waals surface area contributed by atoms with E-state index in [-0.39, 0.29) is 21.1 Å². The molecule has 9 heteroatoms. The van der Waals surface area contributed by atoms with Crippen molar-refractivity contribution in [2.24, 2.45) is 11.5 Å². The van der Waals surface area contributed by atoms with Gasteiger partial charge in [-0.05, 0) is 30.5 Å². The molecule has 0 aliphatic heterocycles. The molecule has 0 spiro atoms. The van der Waals surface area contributed by atoms with Crippen molar-refractivity contribution in [1.29, 1.82) is 0 Å². The fraction of sp³-hybridized carbons (Fsp3) is 0.357. The number of hydrogen-bond donors (Lipinski definition) is 3. The average Bonchev–Trinajstić information content (AvgIpc) is 2.82. The van der Waals surface area contributed by atoms with Crippen LogP contribution in [0.25, 0.3) is 0 Å². The van der Waals surface area contributed by atoms with E-state index in [1.807, 2.05) is 0 Å². The minimum absolute atomic E-state index is 0. The van der Waals surface area contributed by atoms with Gasteiger partial charge in [0.05, 0.1) is 17.5 Å². The van der Waals surface area contributed by atoms with E-state index in [2.05, 4.69) is 0 Å². The zero-order valence-electron chi connectivity index (χ0n) is 12.0. The summed E-state index contributed by atoms with van der Waals surface area (Å²) in [5, 5.41) is 29.5. The van der Waals surface area contributed by atoms with Crippen LogP contribution < -0.4 is 21.7 Å². The number of hydrogen-bond acceptors (Lipinski definition) is 7. The van der Waals surface area contributed by atoms with E-state index in [9.17, 15) is 24.6 Å². The Morgan fingerprint density at radius 3 is 1.83 bits per heavy atom. The molecule has 0 bridgehead atoms. The molecule has 2 unspecified atom stereocenters. The molecule has 128 valence electrons. The van der Waals surface area contributed by atoms with Crippen LogP contribution in [0, 0.1) is 0 Å². The van der Waals surface area contributed by atoms with E-state index >= 15 is 0 Å². The van der Waals surface area contributed by atoms with Crippen molar-refractivity contribution in [2.45, 2.75) is 31.3 Å². The molecule has 1 aromatic rings. The van der Waals surface area contributed by atoms with Gasteiger partial charge in [-0.1, -0.05) is 12.5 Å². The SMILES string of the molecule is NC1CCCC1N.O=C([O-])c1ccc(C(=O)O)c(C(=O)[O-])c1.[Pt+2]. The number of aromatic carboxylic acids is 3. The second-order valence-electron chi connectivity index (χ2n) is 4.90. The zero-order valence-corrected chi connectivity index (χ0v) is 14.2. The van der Waals surface area contributed by atoms with Crippen molar-refractivity contribution >= 4 is 17.9 Å². The maximum atomic E-state index is 10.6. The Labute approximate surface area is 146 Å². The van der Waals surface area contributed by atoms with E-state index in [4.69, 9.17) is 16.6 Å². The fourth-order valence-electron chi connectivity index (χ4n) is 2.04. The van der Waals surface area contributed by atoms with Gasteiger partial charge >= 0.3 is 27.0 Å². The Morgan fingerprint density at radius 1 is 1.00 bits per heavy atom. The van der Waals surface area contributed by atoms with Crippen LogP contribution in [0.5, 0.6) is 0 Å². The molecule has 1 fully saturated rings. The summed E-state index contributed by atoms with van der Waals surface area (Å²) in [6.07, 6.45) is 3.48. The maximum absolute atomic E-state index is 10.6. The Kier molecular flexibility index (Phi) is 8.67. The van der Waals surface area contributed by atoms with Crippen molar-refractivity contribution in [1.82, 2.24) is 0 Å². The first-order valence-electron chi connectivity index (χ1n) is 6.55. The number of carboxylic acid groups (broad SMARTS) is 3. The van der Waals surface area contributed by atoms with Gasteiger partial charge in [0.1, 0.15) is 0 Å². The first-order chi connectivity index (χ1) is 10.2. The van der Waals surface area contributed by atoms with Crippen LogP contribution in [0.1, 0.15) is 50.3 Å². The van der Waals surface area contributed by atoms with Crippen molar-refractivity contribution < 1.29 is 50.8 Å². The summed E-state index contributed by atoms with van der Waals surface area (Å²) in [4.78, 5) is 31.5.